The maximum atomic E-state index is 12.7. The van der Waals surface area contributed by atoms with Crippen LogP contribution in [0.3, 0.4) is 0 Å². The van der Waals surface area contributed by atoms with Gasteiger partial charge in [-0.15, -0.1) is 0 Å². The Labute approximate surface area is 161 Å². The van der Waals surface area contributed by atoms with Crippen molar-refractivity contribution in [1.29, 1.82) is 0 Å². The third kappa shape index (κ3) is 4.48. The van der Waals surface area contributed by atoms with Crippen molar-refractivity contribution < 1.29 is 4.79 Å². The summed E-state index contributed by atoms with van der Waals surface area (Å²) in [4.78, 5) is 27.5. The lowest BCUT2D eigenvalue weighted by molar-refractivity contribution is 0.0911. The molecule has 1 aromatic carbocycles. The molecule has 0 aliphatic carbocycles. The Hall–Kier alpha value is -2.40. The molecule has 5 heteroatoms. The highest BCUT2D eigenvalue weighted by Gasteiger charge is 2.25. The lowest BCUT2D eigenvalue weighted by Crippen LogP contribution is -2.43. The summed E-state index contributed by atoms with van der Waals surface area (Å²) in [6, 6.07) is 13.8. The van der Waals surface area contributed by atoms with Gasteiger partial charge in [0.15, 0.2) is 0 Å². The van der Waals surface area contributed by atoms with Gasteiger partial charge in [-0.05, 0) is 56.5 Å². The molecular weight excluding hydrogens is 338 g/mol. The highest BCUT2D eigenvalue weighted by atomic mass is 16.2. The molecule has 1 aliphatic rings. The first kappa shape index (κ1) is 19.4. The van der Waals surface area contributed by atoms with Gasteiger partial charge in [-0.2, -0.15) is 0 Å². The Kier molecular flexibility index (Phi) is 6.11. The van der Waals surface area contributed by atoms with E-state index in [1.807, 2.05) is 25.1 Å². The second-order valence-corrected chi connectivity index (χ2v) is 7.61. The van der Waals surface area contributed by atoms with Crippen LogP contribution in [0.25, 0.3) is 0 Å². The molecule has 3 rings (SSSR count). The smallest absolute Gasteiger partial charge is 0.263 e. The maximum Gasteiger partial charge on any atom is 0.263 e. The third-order valence-electron chi connectivity index (χ3n) is 5.70. The Morgan fingerprint density at radius 2 is 1.81 bits per heavy atom. The van der Waals surface area contributed by atoms with Crippen LogP contribution in [-0.4, -0.2) is 35.0 Å². The van der Waals surface area contributed by atoms with Gasteiger partial charge in [0.2, 0.25) is 0 Å². The van der Waals surface area contributed by atoms with Gasteiger partial charge in [0.1, 0.15) is 5.56 Å². The van der Waals surface area contributed by atoms with E-state index in [1.165, 1.54) is 23.0 Å². The first-order chi connectivity index (χ1) is 13.0. The number of carbonyl (C=O) groups excluding carboxylic acids is 1. The molecule has 0 saturated carbocycles. The number of hydrogen-bond acceptors (Lipinski definition) is 3. The zero-order chi connectivity index (χ0) is 19.4. The van der Waals surface area contributed by atoms with E-state index in [2.05, 4.69) is 29.3 Å². The van der Waals surface area contributed by atoms with E-state index >= 15 is 0 Å². The van der Waals surface area contributed by atoms with Crippen LogP contribution in [0.1, 0.15) is 47.4 Å². The van der Waals surface area contributed by atoms with Crippen molar-refractivity contribution in [3.05, 3.63) is 69.6 Å². The molecule has 1 unspecified atom stereocenters. The van der Waals surface area contributed by atoms with Crippen molar-refractivity contribution in [3.63, 3.8) is 0 Å². The second-order valence-electron chi connectivity index (χ2n) is 7.61. The fourth-order valence-electron chi connectivity index (χ4n) is 3.66. The quantitative estimate of drug-likeness (QED) is 0.884. The molecule has 1 N–H and O–H groups in total. The number of hydrogen-bond donors (Lipinski definition) is 1. The van der Waals surface area contributed by atoms with Crippen molar-refractivity contribution in [2.75, 3.05) is 19.6 Å². The van der Waals surface area contributed by atoms with Gasteiger partial charge in [0.25, 0.3) is 11.5 Å². The summed E-state index contributed by atoms with van der Waals surface area (Å²) in [6.07, 6.45) is 2.35. The van der Waals surface area contributed by atoms with Crippen LogP contribution in [0.2, 0.25) is 0 Å². The topological polar surface area (TPSA) is 54.3 Å². The van der Waals surface area contributed by atoms with Crippen LogP contribution < -0.4 is 10.9 Å². The van der Waals surface area contributed by atoms with E-state index in [-0.39, 0.29) is 23.1 Å². The van der Waals surface area contributed by atoms with Crippen LogP contribution in [-0.2, 0) is 7.05 Å². The predicted octanol–water partition coefficient (Wildman–Crippen LogP) is 2.90. The maximum absolute atomic E-state index is 12.7. The number of piperidine rings is 1. The van der Waals surface area contributed by atoms with Crippen molar-refractivity contribution in [2.24, 2.45) is 13.0 Å². The summed E-state index contributed by atoms with van der Waals surface area (Å²) < 4.78 is 1.51. The summed E-state index contributed by atoms with van der Waals surface area (Å²) in [7, 11) is 1.69. The van der Waals surface area contributed by atoms with Crippen molar-refractivity contribution in [2.45, 2.75) is 32.7 Å². The average molecular weight is 367 g/mol. The zero-order valence-corrected chi connectivity index (χ0v) is 16.4. The number of likely N-dealkylation sites (tertiary alicyclic amines) is 1. The number of nitrogens with one attached hydrogen (secondary N) is 1. The molecule has 0 bridgehead atoms. The number of aromatic nitrogens is 1. The molecule has 1 saturated heterocycles. The minimum absolute atomic E-state index is 0.122. The fourth-order valence-corrected chi connectivity index (χ4v) is 3.66. The molecule has 1 amide bonds. The zero-order valence-electron chi connectivity index (χ0n) is 16.4. The minimum Gasteiger partial charge on any atom is -0.350 e. The van der Waals surface area contributed by atoms with E-state index in [9.17, 15) is 9.59 Å². The molecule has 2 aromatic rings. The fraction of sp³-hybridized carbons (Fsp3) is 0.455. The van der Waals surface area contributed by atoms with Gasteiger partial charge in [-0.3, -0.25) is 14.5 Å². The van der Waals surface area contributed by atoms with Crippen molar-refractivity contribution >= 4 is 5.91 Å². The summed E-state index contributed by atoms with van der Waals surface area (Å²) in [6.45, 7) is 6.70. The average Bonchev–Trinajstić information content (AvgIpc) is 2.68. The van der Waals surface area contributed by atoms with Crippen LogP contribution in [0, 0.1) is 12.8 Å². The lowest BCUT2D eigenvalue weighted by Gasteiger charge is -2.37. The molecular formula is C22H29N3O2. The van der Waals surface area contributed by atoms with Crippen LogP contribution in [0.15, 0.2) is 47.3 Å². The molecule has 1 aromatic heterocycles. The number of pyridine rings is 1. The summed E-state index contributed by atoms with van der Waals surface area (Å²) in [5.74, 6) is 0.449. The SMILES string of the molecule is Cc1ccc(C(=O)NCC(c2ccccc2)N2CCC(C)CC2)c(=O)n1C. The summed E-state index contributed by atoms with van der Waals surface area (Å²) >= 11 is 0. The highest BCUT2D eigenvalue weighted by Crippen LogP contribution is 2.26. The molecule has 0 radical (unpaired) electrons. The Morgan fingerprint density at radius 3 is 2.48 bits per heavy atom. The monoisotopic (exact) mass is 367 g/mol. The van der Waals surface area contributed by atoms with Gasteiger partial charge < -0.3 is 9.88 Å². The Bertz CT molecular complexity index is 836. The van der Waals surface area contributed by atoms with E-state index in [4.69, 9.17) is 0 Å². The largest absolute Gasteiger partial charge is 0.350 e. The van der Waals surface area contributed by atoms with E-state index in [0.717, 1.165) is 24.7 Å². The predicted molar refractivity (Wildman–Crippen MR) is 108 cm³/mol. The van der Waals surface area contributed by atoms with Gasteiger partial charge in [-0.1, -0.05) is 37.3 Å². The minimum atomic E-state index is -0.304. The molecule has 1 fully saturated rings. The molecule has 2 heterocycles. The number of amides is 1. The van der Waals surface area contributed by atoms with E-state index in [0.29, 0.717) is 6.54 Å². The summed E-state index contributed by atoms with van der Waals surface area (Å²) in [5, 5.41) is 3.00. The molecule has 27 heavy (non-hydrogen) atoms. The number of aryl methyl sites for hydroxylation is 1. The third-order valence-corrected chi connectivity index (χ3v) is 5.70. The Balaban J connectivity index is 1.76. The van der Waals surface area contributed by atoms with Crippen molar-refractivity contribution in [1.82, 2.24) is 14.8 Å². The number of carbonyl (C=O) groups is 1. The van der Waals surface area contributed by atoms with Crippen LogP contribution in [0.4, 0.5) is 0 Å². The highest BCUT2D eigenvalue weighted by molar-refractivity contribution is 5.93. The van der Waals surface area contributed by atoms with Crippen molar-refractivity contribution in [3.8, 4) is 0 Å². The lowest BCUT2D eigenvalue weighted by atomic mass is 9.95. The normalized spacial score (nSPS) is 16.9. The molecule has 1 aliphatic heterocycles. The summed E-state index contributed by atoms with van der Waals surface area (Å²) in [5.41, 5.74) is 1.98. The van der Waals surface area contributed by atoms with Crippen LogP contribution >= 0.6 is 0 Å². The van der Waals surface area contributed by atoms with Gasteiger partial charge in [0.05, 0.1) is 6.04 Å². The molecule has 1 atom stereocenters. The van der Waals surface area contributed by atoms with Gasteiger partial charge in [0, 0.05) is 19.3 Å². The number of benzene rings is 1. The number of nitrogens with zero attached hydrogens (tertiary/aromatic N) is 2. The van der Waals surface area contributed by atoms with E-state index in [1.54, 1.807) is 19.2 Å². The number of rotatable bonds is 5. The van der Waals surface area contributed by atoms with Crippen LogP contribution in [0.5, 0.6) is 0 Å². The second kappa shape index (κ2) is 8.53. The molecule has 144 valence electrons. The Morgan fingerprint density at radius 1 is 1.15 bits per heavy atom. The van der Waals surface area contributed by atoms with Gasteiger partial charge in [-0.25, -0.2) is 0 Å². The standard InChI is InChI=1S/C22H29N3O2/c1-16-11-13-25(14-12-16)20(18-7-5-4-6-8-18)15-23-21(26)19-10-9-17(2)24(3)22(19)27/h4-10,16,20H,11-15H2,1-3H3,(H,23,26). The first-order valence-electron chi connectivity index (χ1n) is 9.71. The van der Waals surface area contributed by atoms with E-state index < -0.39 is 0 Å². The van der Waals surface area contributed by atoms with Gasteiger partial charge >= 0.3 is 0 Å². The molecule has 5 nitrogen and oxygen atoms in total. The molecule has 0 spiro atoms. The first-order valence-corrected chi connectivity index (χ1v) is 9.71.